The van der Waals surface area contributed by atoms with E-state index in [9.17, 15) is 4.79 Å². The summed E-state index contributed by atoms with van der Waals surface area (Å²) in [6.07, 6.45) is 5.56. The molecule has 3 aromatic rings. The van der Waals surface area contributed by atoms with Gasteiger partial charge in [-0.25, -0.2) is 0 Å². The van der Waals surface area contributed by atoms with Gasteiger partial charge in [0.1, 0.15) is 17.2 Å². The molecule has 1 aromatic heterocycles. The topological polar surface area (TPSA) is 84.6 Å². The van der Waals surface area contributed by atoms with Crippen molar-refractivity contribution in [2.45, 2.75) is 50.7 Å². The largest absolute Gasteiger partial charge is 0.496 e. The molecule has 180 valence electrons. The van der Waals surface area contributed by atoms with Gasteiger partial charge in [-0.1, -0.05) is 31.0 Å². The number of H-pyrrole nitrogens is 1. The van der Waals surface area contributed by atoms with Crippen LogP contribution in [0.5, 0.6) is 17.2 Å². The second-order valence-corrected chi connectivity index (χ2v) is 9.24. The molecule has 5 rings (SSSR count). The first-order chi connectivity index (χ1) is 16.6. The smallest absolute Gasteiger partial charge is 0.237 e. The average Bonchev–Trinajstić information content (AvgIpc) is 3.54. The minimum absolute atomic E-state index is 0.0150. The maximum Gasteiger partial charge on any atom is 0.237 e. The molecule has 1 aliphatic heterocycles. The van der Waals surface area contributed by atoms with E-state index in [0.717, 1.165) is 11.1 Å². The van der Waals surface area contributed by atoms with Gasteiger partial charge in [-0.15, -0.1) is 0 Å². The number of hydrogen-bond donors (Lipinski definition) is 3. The molecule has 2 heterocycles. The van der Waals surface area contributed by atoms with E-state index in [4.69, 9.17) is 14.2 Å². The van der Waals surface area contributed by atoms with Crippen LogP contribution in [0, 0.1) is 5.92 Å². The lowest BCUT2D eigenvalue weighted by atomic mass is 9.86. The normalized spacial score (nSPS) is 20.2. The number of aromatic amines is 1. The molecule has 1 fully saturated rings. The Kier molecular flexibility index (Phi) is 6.37. The lowest BCUT2D eigenvalue weighted by molar-refractivity contribution is -0.123. The summed E-state index contributed by atoms with van der Waals surface area (Å²) in [7, 11) is 4.81. The minimum atomic E-state index is -0.299. The van der Waals surface area contributed by atoms with Crippen molar-refractivity contribution in [1.82, 2.24) is 15.6 Å². The fourth-order valence-corrected chi connectivity index (χ4v) is 5.65. The van der Waals surface area contributed by atoms with Gasteiger partial charge in [0.15, 0.2) is 0 Å². The summed E-state index contributed by atoms with van der Waals surface area (Å²) in [5, 5.41) is 8.04. The Morgan fingerprint density at radius 1 is 1.03 bits per heavy atom. The van der Waals surface area contributed by atoms with Crippen LogP contribution in [0.1, 0.15) is 48.5 Å². The Bertz CT molecular complexity index is 1160. The summed E-state index contributed by atoms with van der Waals surface area (Å²) in [6.45, 7) is 0.308. The quantitative estimate of drug-likeness (QED) is 0.488. The molecule has 34 heavy (non-hydrogen) atoms. The van der Waals surface area contributed by atoms with Gasteiger partial charge < -0.3 is 24.5 Å². The number of nitrogens with one attached hydrogen (secondary N) is 3. The number of carbonyl (C=O) groups excluding carboxylic acids is 1. The van der Waals surface area contributed by atoms with Crippen LogP contribution in [0.3, 0.4) is 0 Å². The third kappa shape index (κ3) is 4.09. The highest BCUT2D eigenvalue weighted by atomic mass is 16.5. The molecule has 2 aromatic carbocycles. The van der Waals surface area contributed by atoms with Crippen molar-refractivity contribution in [3.8, 4) is 17.2 Å². The van der Waals surface area contributed by atoms with E-state index in [2.05, 4.69) is 39.9 Å². The van der Waals surface area contributed by atoms with Crippen molar-refractivity contribution >= 4 is 16.8 Å². The number of benzene rings is 2. The van der Waals surface area contributed by atoms with Gasteiger partial charge in [0.2, 0.25) is 5.91 Å². The molecule has 0 radical (unpaired) electrons. The highest BCUT2D eigenvalue weighted by Crippen LogP contribution is 2.41. The minimum Gasteiger partial charge on any atom is -0.496 e. The summed E-state index contributed by atoms with van der Waals surface area (Å²) in [4.78, 5) is 17.1. The summed E-state index contributed by atoms with van der Waals surface area (Å²) < 4.78 is 16.4. The molecular weight excluding hydrogens is 430 g/mol. The van der Waals surface area contributed by atoms with Gasteiger partial charge in [0.25, 0.3) is 0 Å². The molecule has 1 aliphatic carbocycles. The molecule has 7 nitrogen and oxygen atoms in total. The van der Waals surface area contributed by atoms with Crippen LogP contribution in [0.25, 0.3) is 10.9 Å². The van der Waals surface area contributed by atoms with E-state index in [1.165, 1.54) is 42.3 Å². The Balaban J connectivity index is 1.40. The molecular formula is C27H33N3O4. The predicted molar refractivity (Wildman–Crippen MR) is 132 cm³/mol. The van der Waals surface area contributed by atoms with Gasteiger partial charge in [-0.2, -0.15) is 0 Å². The van der Waals surface area contributed by atoms with Crippen LogP contribution in [0.15, 0.2) is 36.4 Å². The first-order valence-electron chi connectivity index (χ1n) is 12.0. The number of hydrogen-bond acceptors (Lipinski definition) is 5. The number of amides is 1. The predicted octanol–water partition coefficient (Wildman–Crippen LogP) is 4.26. The fourth-order valence-electron chi connectivity index (χ4n) is 5.65. The Morgan fingerprint density at radius 2 is 1.74 bits per heavy atom. The Morgan fingerprint density at radius 3 is 2.41 bits per heavy atom. The first-order valence-corrected chi connectivity index (χ1v) is 12.0. The Labute approximate surface area is 200 Å². The fraction of sp³-hybridized carbons (Fsp3) is 0.444. The molecule has 1 saturated carbocycles. The van der Waals surface area contributed by atoms with Crippen LogP contribution >= 0.6 is 0 Å². The Hall–Kier alpha value is -3.19. The maximum atomic E-state index is 13.4. The monoisotopic (exact) mass is 463 g/mol. The van der Waals surface area contributed by atoms with Crippen LogP contribution in [0.4, 0.5) is 0 Å². The molecule has 2 aliphatic rings. The van der Waals surface area contributed by atoms with Crippen molar-refractivity contribution < 1.29 is 19.0 Å². The van der Waals surface area contributed by atoms with Crippen LogP contribution in [-0.2, 0) is 17.8 Å². The molecule has 1 amide bonds. The number of methoxy groups -OCH3 is 3. The highest BCUT2D eigenvalue weighted by molar-refractivity contribution is 5.88. The number of carbonyl (C=O) groups is 1. The second kappa shape index (κ2) is 9.58. The van der Waals surface area contributed by atoms with Gasteiger partial charge in [-0.05, 0) is 36.8 Å². The van der Waals surface area contributed by atoms with Gasteiger partial charge in [-0.3, -0.25) is 10.1 Å². The SMILES string of the molecule is COc1cc(OC)c(CNC(=O)C2Cc3c([nH]c4ccccc34)C(C3CCCC3)N2)c(OC)c1. The van der Waals surface area contributed by atoms with Gasteiger partial charge >= 0.3 is 0 Å². The molecule has 0 spiro atoms. The summed E-state index contributed by atoms with van der Waals surface area (Å²) in [6, 6.07) is 11.9. The van der Waals surface area contributed by atoms with Crippen LogP contribution in [-0.4, -0.2) is 38.3 Å². The molecule has 0 bridgehead atoms. The van der Waals surface area contributed by atoms with Crippen LogP contribution < -0.4 is 24.8 Å². The lowest BCUT2D eigenvalue weighted by Crippen LogP contribution is -2.50. The third-order valence-electron chi connectivity index (χ3n) is 7.39. The zero-order valence-corrected chi connectivity index (χ0v) is 20.1. The number of aromatic nitrogens is 1. The van der Waals surface area contributed by atoms with Crippen molar-refractivity contribution in [2.24, 2.45) is 5.92 Å². The van der Waals surface area contributed by atoms with E-state index in [1.807, 2.05) is 0 Å². The number of rotatable bonds is 7. The highest BCUT2D eigenvalue weighted by Gasteiger charge is 2.37. The van der Waals surface area contributed by atoms with E-state index >= 15 is 0 Å². The van der Waals surface area contributed by atoms with Crippen molar-refractivity contribution in [3.63, 3.8) is 0 Å². The summed E-state index contributed by atoms with van der Waals surface area (Å²) in [5.41, 5.74) is 4.46. The van der Waals surface area contributed by atoms with E-state index in [-0.39, 0.29) is 18.0 Å². The van der Waals surface area contributed by atoms with Crippen molar-refractivity contribution in [1.29, 1.82) is 0 Å². The molecule has 2 unspecified atom stereocenters. The van der Waals surface area contributed by atoms with Crippen LogP contribution in [0.2, 0.25) is 0 Å². The average molecular weight is 464 g/mol. The zero-order chi connectivity index (χ0) is 23.7. The second-order valence-electron chi connectivity index (χ2n) is 9.24. The molecule has 3 N–H and O–H groups in total. The summed E-state index contributed by atoms with van der Waals surface area (Å²) in [5.74, 6) is 2.42. The number of fused-ring (bicyclic) bond motifs is 3. The maximum absolute atomic E-state index is 13.4. The number of para-hydroxylation sites is 1. The third-order valence-corrected chi connectivity index (χ3v) is 7.39. The van der Waals surface area contributed by atoms with Gasteiger partial charge in [0.05, 0.1) is 45.5 Å². The van der Waals surface area contributed by atoms with Crippen molar-refractivity contribution in [3.05, 3.63) is 53.2 Å². The van der Waals surface area contributed by atoms with E-state index in [0.29, 0.717) is 36.1 Å². The molecule has 7 heteroatoms. The number of ether oxygens (including phenoxy) is 3. The standard InChI is InChI=1S/C27H33N3O4/c1-32-17-12-23(33-2)20(24(13-17)34-3)15-28-27(31)22-14-19-18-10-6-7-11-21(18)29-26(19)25(30-22)16-8-4-5-9-16/h6-7,10-13,16,22,25,29-30H,4-5,8-9,14-15H2,1-3H3,(H,28,31). The van der Waals surface area contributed by atoms with E-state index < -0.39 is 0 Å². The first kappa shape index (κ1) is 22.6. The van der Waals surface area contributed by atoms with Gasteiger partial charge in [0, 0.05) is 28.7 Å². The summed E-state index contributed by atoms with van der Waals surface area (Å²) >= 11 is 0. The van der Waals surface area contributed by atoms with E-state index in [1.54, 1.807) is 33.5 Å². The van der Waals surface area contributed by atoms with Crippen molar-refractivity contribution in [2.75, 3.05) is 21.3 Å². The lowest BCUT2D eigenvalue weighted by Gasteiger charge is -2.34. The molecule has 2 atom stereocenters. The zero-order valence-electron chi connectivity index (χ0n) is 20.1. The molecule has 0 saturated heterocycles.